The number of carbonyl (C=O) groups excluding carboxylic acids is 2. The second-order valence-electron chi connectivity index (χ2n) is 5.95. The summed E-state index contributed by atoms with van der Waals surface area (Å²) in [5.41, 5.74) is 0.634. The minimum absolute atomic E-state index is 0.190. The van der Waals surface area contributed by atoms with Crippen LogP contribution in [0.1, 0.15) is 39.3 Å². The molecule has 1 aromatic rings. The highest BCUT2D eigenvalue weighted by molar-refractivity contribution is 5.96. The van der Waals surface area contributed by atoms with Crippen LogP contribution in [-0.4, -0.2) is 23.0 Å². The van der Waals surface area contributed by atoms with Gasteiger partial charge in [0.2, 0.25) is 0 Å². The number of esters is 1. The molecule has 1 aliphatic rings. The van der Waals surface area contributed by atoms with Crippen LogP contribution >= 0.6 is 0 Å². The Hall–Kier alpha value is -1.84. The summed E-state index contributed by atoms with van der Waals surface area (Å²) in [6.45, 7) is 7.71. The summed E-state index contributed by atoms with van der Waals surface area (Å²) in [5.74, 6) is -0.458. The predicted molar refractivity (Wildman–Crippen MR) is 71.4 cm³/mol. The largest absolute Gasteiger partial charge is 0.418 e. The van der Waals surface area contributed by atoms with Gasteiger partial charge >= 0.3 is 12.1 Å². The molecule has 1 fully saturated rings. The van der Waals surface area contributed by atoms with Gasteiger partial charge in [-0.25, -0.2) is 9.59 Å². The lowest BCUT2D eigenvalue weighted by molar-refractivity contribution is -0.138. The van der Waals surface area contributed by atoms with Crippen molar-refractivity contribution in [2.75, 3.05) is 0 Å². The first-order valence-electron chi connectivity index (χ1n) is 6.41. The van der Waals surface area contributed by atoms with Crippen LogP contribution in [0.3, 0.4) is 0 Å². The van der Waals surface area contributed by atoms with Gasteiger partial charge in [0, 0.05) is 0 Å². The van der Waals surface area contributed by atoms with E-state index in [1.54, 1.807) is 0 Å². The molecule has 1 aliphatic heterocycles. The third kappa shape index (κ3) is 2.48. The number of benzene rings is 1. The van der Waals surface area contributed by atoms with Gasteiger partial charge in [-0.05, 0) is 17.9 Å². The fourth-order valence-corrected chi connectivity index (χ4v) is 2.46. The first-order valence-corrected chi connectivity index (χ1v) is 6.41. The summed E-state index contributed by atoms with van der Waals surface area (Å²) in [5, 5.41) is 0. The molecule has 4 heteroatoms. The Bertz CT molecular complexity index is 490. The number of ether oxygens (including phenoxy) is 1. The van der Waals surface area contributed by atoms with E-state index < -0.39 is 18.1 Å². The molecule has 2 atom stereocenters. The summed E-state index contributed by atoms with van der Waals surface area (Å²) < 4.78 is 4.80. The van der Waals surface area contributed by atoms with Crippen molar-refractivity contribution in [1.29, 1.82) is 0 Å². The van der Waals surface area contributed by atoms with Crippen molar-refractivity contribution in [3.63, 3.8) is 0 Å². The van der Waals surface area contributed by atoms with Crippen molar-refractivity contribution in [3.8, 4) is 0 Å². The Morgan fingerprint density at radius 1 is 1.16 bits per heavy atom. The zero-order valence-electron chi connectivity index (χ0n) is 11.7. The molecule has 2 rings (SSSR count). The third-order valence-electron chi connectivity index (χ3n) is 3.42. The maximum Gasteiger partial charge on any atom is 0.418 e. The molecule has 19 heavy (non-hydrogen) atoms. The molecular formula is C15H19NO3. The van der Waals surface area contributed by atoms with Crippen molar-refractivity contribution in [1.82, 2.24) is 4.90 Å². The average molecular weight is 261 g/mol. The highest BCUT2D eigenvalue weighted by Gasteiger charge is 2.49. The molecule has 1 saturated heterocycles. The lowest BCUT2D eigenvalue weighted by Gasteiger charge is -2.34. The summed E-state index contributed by atoms with van der Waals surface area (Å²) in [4.78, 5) is 25.4. The molecule has 102 valence electrons. The monoisotopic (exact) mass is 261 g/mol. The first-order chi connectivity index (χ1) is 8.82. The molecule has 0 aliphatic carbocycles. The Morgan fingerprint density at radius 3 is 2.26 bits per heavy atom. The summed E-state index contributed by atoms with van der Waals surface area (Å²) in [7, 11) is 0. The minimum atomic E-state index is -0.554. The number of nitrogens with zero attached hydrogens (tertiary/aromatic N) is 1. The van der Waals surface area contributed by atoms with Gasteiger partial charge in [-0.3, -0.25) is 4.90 Å². The van der Waals surface area contributed by atoms with Gasteiger partial charge in [0.15, 0.2) is 0 Å². The van der Waals surface area contributed by atoms with Crippen LogP contribution in [0, 0.1) is 5.41 Å². The van der Waals surface area contributed by atoms with Gasteiger partial charge in [0.1, 0.15) is 6.04 Å². The third-order valence-corrected chi connectivity index (χ3v) is 3.42. The summed E-state index contributed by atoms with van der Waals surface area (Å²) in [6.07, 6.45) is -0.554. The van der Waals surface area contributed by atoms with E-state index in [1.807, 2.05) is 58.0 Å². The highest BCUT2D eigenvalue weighted by atomic mass is 16.6. The normalized spacial score (nSPS) is 21.5. The molecule has 0 bridgehead atoms. The van der Waals surface area contributed by atoms with Gasteiger partial charge in [0.25, 0.3) is 0 Å². The number of rotatable bonds is 2. The maximum absolute atomic E-state index is 11.9. The Morgan fingerprint density at radius 2 is 1.74 bits per heavy atom. The molecule has 0 N–H and O–H groups in total. The van der Waals surface area contributed by atoms with E-state index in [0.29, 0.717) is 0 Å². The van der Waals surface area contributed by atoms with E-state index in [1.165, 1.54) is 4.90 Å². The molecule has 0 radical (unpaired) electrons. The van der Waals surface area contributed by atoms with E-state index in [0.717, 1.165) is 5.56 Å². The molecule has 1 heterocycles. The number of amides is 1. The lowest BCUT2D eigenvalue weighted by atomic mass is 9.85. The lowest BCUT2D eigenvalue weighted by Crippen LogP contribution is -2.45. The van der Waals surface area contributed by atoms with Gasteiger partial charge in [-0.1, -0.05) is 51.1 Å². The van der Waals surface area contributed by atoms with Gasteiger partial charge < -0.3 is 4.74 Å². The number of hydrogen-bond acceptors (Lipinski definition) is 3. The SMILES string of the molecule is C[C@@H](c1ccccc1)N1C(=O)OC(=O)[C@@H]1C(C)(C)C. The van der Waals surface area contributed by atoms with Gasteiger partial charge in [-0.2, -0.15) is 0 Å². The molecular weight excluding hydrogens is 242 g/mol. The topological polar surface area (TPSA) is 46.6 Å². The Kier molecular flexibility index (Phi) is 3.35. The summed E-state index contributed by atoms with van der Waals surface area (Å²) >= 11 is 0. The molecule has 0 saturated carbocycles. The quantitative estimate of drug-likeness (QED) is 0.607. The van der Waals surface area contributed by atoms with Crippen LogP contribution in [0.5, 0.6) is 0 Å². The fraction of sp³-hybridized carbons (Fsp3) is 0.467. The highest BCUT2D eigenvalue weighted by Crippen LogP contribution is 2.36. The molecule has 4 nitrogen and oxygen atoms in total. The Labute approximate surface area is 113 Å². The summed E-state index contributed by atoms with van der Waals surface area (Å²) in [6, 6.07) is 8.91. The van der Waals surface area contributed by atoms with Crippen LogP contribution in [0.25, 0.3) is 0 Å². The van der Waals surface area contributed by atoms with Crippen molar-refractivity contribution in [2.24, 2.45) is 5.41 Å². The van der Waals surface area contributed by atoms with Gasteiger partial charge in [0.05, 0.1) is 6.04 Å². The van der Waals surface area contributed by atoms with Crippen molar-refractivity contribution < 1.29 is 14.3 Å². The molecule has 1 aromatic carbocycles. The van der Waals surface area contributed by atoms with Crippen LogP contribution < -0.4 is 0 Å². The second kappa shape index (κ2) is 4.68. The van der Waals surface area contributed by atoms with Crippen molar-refractivity contribution in [2.45, 2.75) is 39.8 Å². The smallest absolute Gasteiger partial charge is 0.375 e. The fourth-order valence-electron chi connectivity index (χ4n) is 2.46. The second-order valence-corrected chi connectivity index (χ2v) is 5.95. The number of carbonyl (C=O) groups is 2. The van der Waals surface area contributed by atoms with Crippen LogP contribution in [0.2, 0.25) is 0 Å². The first kappa shape index (κ1) is 13.6. The maximum atomic E-state index is 11.9. The molecule has 0 spiro atoms. The predicted octanol–water partition coefficient (Wildman–Crippen LogP) is 3.14. The number of cyclic esters (lactones) is 2. The standard InChI is InChI=1S/C15H19NO3/c1-10(11-8-6-5-7-9-11)16-12(15(2,3)4)13(17)19-14(16)18/h5-10,12H,1-4H3/t10-,12+/m0/s1. The van der Waals surface area contributed by atoms with Crippen molar-refractivity contribution in [3.05, 3.63) is 35.9 Å². The van der Waals surface area contributed by atoms with Gasteiger partial charge in [-0.15, -0.1) is 0 Å². The Balaban J connectivity index is 2.36. The van der Waals surface area contributed by atoms with E-state index in [2.05, 4.69) is 0 Å². The minimum Gasteiger partial charge on any atom is -0.375 e. The molecule has 0 unspecified atom stereocenters. The number of hydrogen-bond donors (Lipinski definition) is 0. The zero-order valence-corrected chi connectivity index (χ0v) is 11.7. The van der Waals surface area contributed by atoms with E-state index in [9.17, 15) is 9.59 Å². The molecule has 0 aromatic heterocycles. The van der Waals surface area contributed by atoms with Crippen molar-refractivity contribution >= 4 is 12.1 Å². The van der Waals surface area contributed by atoms with E-state index >= 15 is 0 Å². The van der Waals surface area contributed by atoms with Crippen LogP contribution in [0.15, 0.2) is 30.3 Å². The van der Waals surface area contributed by atoms with Crippen LogP contribution in [-0.2, 0) is 9.53 Å². The zero-order chi connectivity index (χ0) is 14.2. The van der Waals surface area contributed by atoms with E-state index in [4.69, 9.17) is 4.74 Å². The van der Waals surface area contributed by atoms with Crippen LogP contribution in [0.4, 0.5) is 4.79 Å². The molecule has 1 amide bonds. The van der Waals surface area contributed by atoms with E-state index in [-0.39, 0.29) is 11.5 Å². The average Bonchev–Trinajstić information content (AvgIpc) is 2.64.